The highest BCUT2D eigenvalue weighted by Gasteiger charge is 2.36. The van der Waals surface area contributed by atoms with Gasteiger partial charge in [-0.05, 0) is 148 Å². The molecule has 4 aliphatic carbocycles. The number of hydrogen-bond donors (Lipinski definition) is 1. The molecule has 5 rings (SSSR count). The lowest BCUT2D eigenvalue weighted by atomic mass is 9.63. The summed E-state index contributed by atoms with van der Waals surface area (Å²) in [4.78, 5) is 11.9. The van der Waals surface area contributed by atoms with E-state index in [1.165, 1.54) is 128 Å². The SMILES string of the molecule is C=C(C)C(=O)OCC(CCO)C1CCC(CCC2CCC(c3ccc(C4CCC5CC(CCCCC)CCC5C4)cc3)CC2)CC1. The molecule has 0 saturated heterocycles. The van der Waals surface area contributed by atoms with Gasteiger partial charge in [0.05, 0.1) is 6.61 Å². The Labute approximate surface area is 282 Å². The van der Waals surface area contributed by atoms with E-state index in [1.807, 2.05) is 0 Å². The van der Waals surface area contributed by atoms with Gasteiger partial charge in [0.2, 0.25) is 0 Å². The Morgan fingerprint density at radius 3 is 1.96 bits per heavy atom. The molecule has 0 spiro atoms. The number of unbranched alkanes of at least 4 members (excludes halogenated alkanes) is 2. The maximum atomic E-state index is 11.9. The molecule has 0 bridgehead atoms. The van der Waals surface area contributed by atoms with Crippen LogP contribution >= 0.6 is 0 Å². The zero-order chi connectivity index (χ0) is 32.3. The van der Waals surface area contributed by atoms with Crippen LogP contribution in [0.3, 0.4) is 0 Å². The molecule has 3 heteroatoms. The molecule has 1 aromatic carbocycles. The maximum absolute atomic E-state index is 11.9. The van der Waals surface area contributed by atoms with E-state index in [0.29, 0.717) is 18.1 Å². The molecule has 1 N–H and O–H groups in total. The van der Waals surface area contributed by atoms with Crippen LogP contribution in [-0.2, 0) is 9.53 Å². The van der Waals surface area contributed by atoms with Crippen LogP contribution in [0, 0.1) is 41.4 Å². The van der Waals surface area contributed by atoms with Crippen LogP contribution in [0.2, 0.25) is 0 Å². The highest BCUT2D eigenvalue weighted by atomic mass is 16.5. The first-order chi connectivity index (χ1) is 22.4. The Morgan fingerprint density at radius 1 is 0.761 bits per heavy atom. The number of carbonyl (C=O) groups excluding carboxylic acids is 1. The molecule has 0 heterocycles. The van der Waals surface area contributed by atoms with Crippen molar-refractivity contribution in [3.05, 3.63) is 47.5 Å². The molecule has 4 aliphatic rings. The maximum Gasteiger partial charge on any atom is 0.333 e. The standard InChI is InChI=1S/C43H68O3/c1-4-5-6-7-34-14-19-41-29-40(25-24-39(41)28-34)37-22-20-36(21-23-37)35-15-10-32(11-16-35)8-9-33-12-17-38(18-13-33)42(26-27-44)30-46-43(45)31(2)3/h20-23,32-35,38-42,44H,2,4-19,24-30H2,1,3H3. The molecular weight excluding hydrogens is 564 g/mol. The Kier molecular flexibility index (Phi) is 14.1. The molecule has 0 aliphatic heterocycles. The summed E-state index contributed by atoms with van der Waals surface area (Å²) in [6.45, 7) is 8.32. The predicted octanol–water partition coefficient (Wildman–Crippen LogP) is 11.5. The van der Waals surface area contributed by atoms with E-state index in [9.17, 15) is 9.90 Å². The summed E-state index contributed by atoms with van der Waals surface area (Å²) < 4.78 is 5.48. The van der Waals surface area contributed by atoms with Gasteiger partial charge in [-0.1, -0.05) is 95.6 Å². The predicted molar refractivity (Wildman–Crippen MR) is 192 cm³/mol. The van der Waals surface area contributed by atoms with E-state index in [2.05, 4.69) is 37.8 Å². The van der Waals surface area contributed by atoms with E-state index in [1.54, 1.807) is 18.1 Å². The first kappa shape index (κ1) is 35.7. The zero-order valence-corrected chi connectivity index (χ0v) is 29.7. The van der Waals surface area contributed by atoms with Gasteiger partial charge in [0, 0.05) is 12.2 Å². The lowest BCUT2D eigenvalue weighted by molar-refractivity contribution is -0.141. The Morgan fingerprint density at radius 2 is 1.33 bits per heavy atom. The molecule has 258 valence electrons. The molecule has 0 amide bonds. The molecule has 0 radical (unpaired) electrons. The monoisotopic (exact) mass is 633 g/mol. The Hall–Kier alpha value is -1.61. The largest absolute Gasteiger partial charge is 0.462 e. The number of rotatable bonds is 15. The first-order valence-corrected chi connectivity index (χ1v) is 20.0. The number of esters is 1. The topological polar surface area (TPSA) is 46.5 Å². The number of ether oxygens (including phenoxy) is 1. The average Bonchev–Trinajstić information content (AvgIpc) is 3.09. The molecule has 5 atom stereocenters. The van der Waals surface area contributed by atoms with Gasteiger partial charge in [-0.2, -0.15) is 0 Å². The molecular formula is C43H68O3. The highest BCUT2D eigenvalue weighted by Crippen LogP contribution is 2.49. The second-order valence-corrected chi connectivity index (χ2v) is 16.6. The van der Waals surface area contributed by atoms with Crippen molar-refractivity contribution in [3.63, 3.8) is 0 Å². The van der Waals surface area contributed by atoms with Crippen molar-refractivity contribution >= 4 is 5.97 Å². The number of aliphatic hydroxyl groups excluding tert-OH is 1. The van der Waals surface area contributed by atoms with Crippen LogP contribution in [0.1, 0.15) is 172 Å². The number of carbonyl (C=O) groups is 1. The van der Waals surface area contributed by atoms with Crippen molar-refractivity contribution in [2.24, 2.45) is 41.4 Å². The van der Waals surface area contributed by atoms with Gasteiger partial charge in [0.1, 0.15) is 0 Å². The van der Waals surface area contributed by atoms with E-state index < -0.39 is 0 Å². The van der Waals surface area contributed by atoms with Gasteiger partial charge in [-0.15, -0.1) is 0 Å². The minimum atomic E-state index is -0.300. The summed E-state index contributed by atoms with van der Waals surface area (Å²) in [5.41, 5.74) is 3.69. The Bertz CT molecular complexity index is 1040. The van der Waals surface area contributed by atoms with Crippen molar-refractivity contribution in [1.82, 2.24) is 0 Å². The third-order valence-corrected chi connectivity index (χ3v) is 13.5. The van der Waals surface area contributed by atoms with E-state index >= 15 is 0 Å². The fourth-order valence-electron chi connectivity index (χ4n) is 10.4. The van der Waals surface area contributed by atoms with Crippen molar-refractivity contribution in [2.45, 2.75) is 161 Å². The van der Waals surface area contributed by atoms with Gasteiger partial charge in [-0.3, -0.25) is 0 Å². The second kappa shape index (κ2) is 18.2. The van der Waals surface area contributed by atoms with Crippen molar-refractivity contribution in [1.29, 1.82) is 0 Å². The summed E-state index contributed by atoms with van der Waals surface area (Å²) in [7, 11) is 0. The zero-order valence-electron chi connectivity index (χ0n) is 29.7. The summed E-state index contributed by atoms with van der Waals surface area (Å²) in [5.74, 6) is 6.92. The number of aliphatic hydroxyl groups is 1. The molecule has 5 unspecified atom stereocenters. The number of hydrogen-bond acceptors (Lipinski definition) is 3. The molecule has 4 saturated carbocycles. The third kappa shape index (κ3) is 10.2. The van der Waals surface area contributed by atoms with Gasteiger partial charge >= 0.3 is 5.97 Å². The lowest BCUT2D eigenvalue weighted by Gasteiger charge is -2.42. The van der Waals surface area contributed by atoms with Crippen molar-refractivity contribution in [2.75, 3.05) is 13.2 Å². The average molecular weight is 633 g/mol. The van der Waals surface area contributed by atoms with Crippen LogP contribution in [0.4, 0.5) is 0 Å². The summed E-state index contributed by atoms with van der Waals surface area (Å²) >= 11 is 0. The normalized spacial score (nSPS) is 32.3. The van der Waals surface area contributed by atoms with Gasteiger partial charge in [0.15, 0.2) is 0 Å². The summed E-state index contributed by atoms with van der Waals surface area (Å²) in [6, 6.07) is 10.1. The highest BCUT2D eigenvalue weighted by molar-refractivity contribution is 5.86. The van der Waals surface area contributed by atoms with Crippen molar-refractivity contribution < 1.29 is 14.6 Å². The third-order valence-electron chi connectivity index (χ3n) is 13.5. The second-order valence-electron chi connectivity index (χ2n) is 16.6. The Balaban J connectivity index is 0.982. The fourth-order valence-corrected chi connectivity index (χ4v) is 10.4. The van der Waals surface area contributed by atoms with Crippen LogP contribution in [0.15, 0.2) is 36.4 Å². The van der Waals surface area contributed by atoms with Gasteiger partial charge < -0.3 is 9.84 Å². The summed E-state index contributed by atoms with van der Waals surface area (Å²) in [6.07, 6.45) is 28.7. The smallest absolute Gasteiger partial charge is 0.333 e. The van der Waals surface area contributed by atoms with E-state index in [4.69, 9.17) is 4.74 Å². The molecule has 3 nitrogen and oxygen atoms in total. The van der Waals surface area contributed by atoms with Gasteiger partial charge in [0.25, 0.3) is 0 Å². The molecule has 0 aromatic heterocycles. The van der Waals surface area contributed by atoms with Crippen molar-refractivity contribution in [3.8, 4) is 0 Å². The minimum absolute atomic E-state index is 0.170. The first-order valence-electron chi connectivity index (χ1n) is 20.0. The van der Waals surface area contributed by atoms with Gasteiger partial charge in [-0.25, -0.2) is 4.79 Å². The van der Waals surface area contributed by atoms with Crippen LogP contribution < -0.4 is 0 Å². The minimum Gasteiger partial charge on any atom is -0.462 e. The van der Waals surface area contributed by atoms with E-state index in [-0.39, 0.29) is 18.5 Å². The molecule has 1 aromatic rings. The van der Waals surface area contributed by atoms with E-state index in [0.717, 1.165) is 47.8 Å². The fraction of sp³-hybridized carbons (Fsp3) is 0.791. The number of fused-ring (bicyclic) bond motifs is 1. The molecule has 46 heavy (non-hydrogen) atoms. The van der Waals surface area contributed by atoms with Crippen LogP contribution in [0.25, 0.3) is 0 Å². The number of benzene rings is 1. The van der Waals surface area contributed by atoms with Crippen LogP contribution in [0.5, 0.6) is 0 Å². The lowest BCUT2D eigenvalue weighted by Crippen LogP contribution is -2.30. The van der Waals surface area contributed by atoms with Crippen LogP contribution in [-0.4, -0.2) is 24.3 Å². The summed E-state index contributed by atoms with van der Waals surface area (Å²) in [5, 5.41) is 9.59. The quantitative estimate of drug-likeness (QED) is 0.119. The molecule has 4 fully saturated rings.